The van der Waals surface area contributed by atoms with Gasteiger partial charge in [-0.15, -0.1) is 0 Å². The summed E-state index contributed by atoms with van der Waals surface area (Å²) in [7, 11) is 0. The van der Waals surface area contributed by atoms with Gasteiger partial charge >= 0.3 is 12.4 Å². The number of benzene rings is 3. The molecule has 2 aromatic heterocycles. The summed E-state index contributed by atoms with van der Waals surface area (Å²) in [5.41, 5.74) is -7.45. The second-order valence-corrected chi connectivity index (χ2v) is 11.5. The summed E-state index contributed by atoms with van der Waals surface area (Å²) in [5.74, 6) is -0.0718. The molecule has 0 aliphatic heterocycles. The molecule has 230 valence electrons. The number of hydrogen-bond donors (Lipinski definition) is 0. The SMILES string of the molecule is CC(C)c1ccc(C(CC(F)(F)F)(c2ccc(-n3c(=O)c4cc5c(=O)n(C(C)C)c(=O)c5cc4c3=O)cc2)C(F)(F)F)cc1. The number of fused-ring (bicyclic) bond motifs is 2. The molecule has 3 aromatic carbocycles. The third kappa shape index (κ3) is 4.76. The first-order valence-corrected chi connectivity index (χ1v) is 13.7. The van der Waals surface area contributed by atoms with Crippen LogP contribution < -0.4 is 22.2 Å². The lowest BCUT2D eigenvalue weighted by atomic mass is 9.70. The largest absolute Gasteiger partial charge is 0.402 e. The average Bonchev–Trinajstić information content (AvgIpc) is 3.33. The average molecular weight is 617 g/mol. The fraction of sp³-hybridized carbons (Fsp3) is 0.312. The van der Waals surface area contributed by atoms with Crippen LogP contribution in [0.3, 0.4) is 0 Å². The van der Waals surface area contributed by atoms with Gasteiger partial charge in [0.25, 0.3) is 22.2 Å². The topological polar surface area (TPSA) is 78.1 Å². The summed E-state index contributed by atoms with van der Waals surface area (Å²) < 4.78 is 87.5. The van der Waals surface area contributed by atoms with E-state index in [0.717, 1.165) is 53.1 Å². The molecule has 44 heavy (non-hydrogen) atoms. The molecule has 1 atom stereocenters. The van der Waals surface area contributed by atoms with Gasteiger partial charge in [-0.05, 0) is 60.7 Å². The number of aromatic nitrogens is 2. The maximum Gasteiger partial charge on any atom is 0.402 e. The first-order valence-electron chi connectivity index (χ1n) is 13.7. The van der Waals surface area contributed by atoms with Gasteiger partial charge in [0.2, 0.25) is 0 Å². The van der Waals surface area contributed by atoms with E-state index >= 15 is 0 Å². The lowest BCUT2D eigenvalue weighted by Gasteiger charge is -2.37. The van der Waals surface area contributed by atoms with Gasteiger partial charge in [-0.1, -0.05) is 50.2 Å². The molecule has 0 spiro atoms. The molecule has 0 fully saturated rings. The number of nitrogens with zero attached hydrogens (tertiary/aromatic N) is 2. The normalized spacial score (nSPS) is 14.3. The molecule has 0 N–H and O–H groups in total. The van der Waals surface area contributed by atoms with Gasteiger partial charge in [0.1, 0.15) is 5.41 Å². The van der Waals surface area contributed by atoms with Crippen molar-refractivity contribution < 1.29 is 26.3 Å². The van der Waals surface area contributed by atoms with Crippen LogP contribution in [0.1, 0.15) is 62.8 Å². The van der Waals surface area contributed by atoms with Crippen LogP contribution in [0, 0.1) is 0 Å². The summed E-state index contributed by atoms with van der Waals surface area (Å²) in [6, 6.07) is 10.2. The number of halogens is 6. The van der Waals surface area contributed by atoms with Crippen LogP contribution in [-0.4, -0.2) is 21.5 Å². The zero-order valence-corrected chi connectivity index (χ0v) is 23.9. The maximum absolute atomic E-state index is 14.8. The Balaban J connectivity index is 1.70. The zero-order valence-electron chi connectivity index (χ0n) is 23.9. The smallest absolute Gasteiger partial charge is 0.272 e. The van der Waals surface area contributed by atoms with E-state index in [2.05, 4.69) is 0 Å². The molecule has 0 bridgehead atoms. The molecule has 12 heteroatoms. The summed E-state index contributed by atoms with van der Waals surface area (Å²) in [6.45, 7) is 6.84. The minimum atomic E-state index is -5.39. The van der Waals surface area contributed by atoms with Gasteiger partial charge in [-0.2, -0.15) is 26.3 Å². The van der Waals surface area contributed by atoms with Crippen LogP contribution >= 0.6 is 0 Å². The molecule has 0 aliphatic rings. The molecule has 2 heterocycles. The fourth-order valence-corrected chi connectivity index (χ4v) is 5.84. The highest BCUT2D eigenvalue weighted by Crippen LogP contribution is 2.52. The van der Waals surface area contributed by atoms with Crippen molar-refractivity contribution in [3.05, 3.63) is 119 Å². The molecular formula is C32H26F6N2O4. The van der Waals surface area contributed by atoms with E-state index in [1.54, 1.807) is 27.7 Å². The van der Waals surface area contributed by atoms with Gasteiger partial charge < -0.3 is 0 Å². The van der Waals surface area contributed by atoms with Crippen molar-refractivity contribution in [1.82, 2.24) is 9.13 Å². The minimum Gasteiger partial charge on any atom is -0.272 e. The molecule has 5 rings (SSSR count). The summed E-state index contributed by atoms with van der Waals surface area (Å²) in [6.07, 6.45) is -12.8. The minimum absolute atomic E-state index is 0.0635. The van der Waals surface area contributed by atoms with E-state index in [1.807, 2.05) is 0 Å². The standard InChI is InChI=1S/C32H26F6N2O4/c1-16(2)18-5-7-19(8-6-18)30(32(36,37)38,15-31(33,34)35)20-9-11-21(12-10-20)40-28(43)24-13-22-23(14-25(24)29(40)44)27(42)39(17(3)4)26(22)41/h5-14,16-17H,15H2,1-4H3. The van der Waals surface area contributed by atoms with Gasteiger partial charge in [-0.25, -0.2) is 4.57 Å². The maximum atomic E-state index is 14.8. The quantitative estimate of drug-likeness (QED) is 0.207. The van der Waals surface area contributed by atoms with Gasteiger partial charge in [0.15, 0.2) is 0 Å². The van der Waals surface area contributed by atoms with Crippen molar-refractivity contribution in [3.8, 4) is 5.69 Å². The van der Waals surface area contributed by atoms with Crippen molar-refractivity contribution >= 4 is 21.5 Å². The Morgan fingerprint density at radius 3 is 1.39 bits per heavy atom. The highest BCUT2D eigenvalue weighted by Gasteiger charge is 2.61. The Morgan fingerprint density at radius 1 is 0.614 bits per heavy atom. The first-order chi connectivity index (χ1) is 20.4. The molecule has 6 nitrogen and oxygen atoms in total. The predicted octanol–water partition coefficient (Wildman–Crippen LogP) is 6.41. The van der Waals surface area contributed by atoms with Crippen LogP contribution in [-0.2, 0) is 5.41 Å². The lowest BCUT2D eigenvalue weighted by Crippen LogP contribution is -2.46. The van der Waals surface area contributed by atoms with Crippen molar-refractivity contribution in [2.75, 3.05) is 0 Å². The molecule has 1 unspecified atom stereocenters. The summed E-state index contributed by atoms with van der Waals surface area (Å²) in [5, 5.41) is -0.495. The van der Waals surface area contributed by atoms with Gasteiger partial charge in [0.05, 0.1) is 33.7 Å². The van der Waals surface area contributed by atoms with Crippen LogP contribution in [0.25, 0.3) is 27.2 Å². The van der Waals surface area contributed by atoms with Crippen molar-refractivity contribution in [2.24, 2.45) is 0 Å². The highest BCUT2D eigenvalue weighted by molar-refractivity contribution is 5.98. The Labute approximate surface area is 245 Å². The Bertz CT molecular complexity index is 2020. The molecule has 0 amide bonds. The van der Waals surface area contributed by atoms with E-state index in [9.17, 15) is 45.5 Å². The van der Waals surface area contributed by atoms with Gasteiger partial charge in [-0.3, -0.25) is 23.7 Å². The summed E-state index contributed by atoms with van der Waals surface area (Å²) >= 11 is 0. The van der Waals surface area contributed by atoms with Gasteiger partial charge in [0, 0.05) is 6.04 Å². The molecule has 0 saturated heterocycles. The number of alkyl halides is 6. The van der Waals surface area contributed by atoms with Crippen molar-refractivity contribution in [1.29, 1.82) is 0 Å². The van der Waals surface area contributed by atoms with Crippen LogP contribution in [0.5, 0.6) is 0 Å². The van der Waals surface area contributed by atoms with E-state index in [0.29, 0.717) is 10.1 Å². The van der Waals surface area contributed by atoms with E-state index in [-0.39, 0.29) is 33.2 Å². The highest BCUT2D eigenvalue weighted by atomic mass is 19.4. The third-order valence-corrected chi connectivity index (χ3v) is 8.08. The first kappa shape index (κ1) is 31.0. The van der Waals surface area contributed by atoms with E-state index in [4.69, 9.17) is 0 Å². The molecule has 0 saturated carbocycles. The second kappa shape index (κ2) is 10.3. The molecule has 0 radical (unpaired) electrons. The van der Waals surface area contributed by atoms with Crippen LogP contribution in [0.2, 0.25) is 0 Å². The Morgan fingerprint density at radius 2 is 1.02 bits per heavy atom. The van der Waals surface area contributed by atoms with Crippen LogP contribution in [0.4, 0.5) is 26.3 Å². The zero-order chi connectivity index (χ0) is 32.5. The lowest BCUT2D eigenvalue weighted by molar-refractivity contribution is -0.222. The van der Waals surface area contributed by atoms with Crippen molar-refractivity contribution in [2.45, 2.75) is 63.8 Å². The fourth-order valence-electron chi connectivity index (χ4n) is 5.84. The number of rotatable bonds is 6. The predicted molar refractivity (Wildman–Crippen MR) is 155 cm³/mol. The van der Waals surface area contributed by atoms with Crippen molar-refractivity contribution in [3.63, 3.8) is 0 Å². The molecular weight excluding hydrogens is 590 g/mol. The number of hydrogen-bond acceptors (Lipinski definition) is 4. The van der Waals surface area contributed by atoms with E-state index in [1.165, 1.54) is 12.1 Å². The summed E-state index contributed by atoms with van der Waals surface area (Å²) in [4.78, 5) is 52.2. The Kier molecular flexibility index (Phi) is 7.26. The Hall–Kier alpha value is -4.48. The molecule has 0 aliphatic carbocycles. The monoisotopic (exact) mass is 616 g/mol. The third-order valence-electron chi connectivity index (χ3n) is 8.08. The molecule has 5 aromatic rings. The van der Waals surface area contributed by atoms with E-state index < -0.39 is 63.6 Å². The second-order valence-electron chi connectivity index (χ2n) is 11.5. The van der Waals surface area contributed by atoms with Crippen LogP contribution in [0.15, 0.2) is 79.8 Å².